The maximum absolute atomic E-state index is 14.4. The second kappa shape index (κ2) is 18.2. The summed E-state index contributed by atoms with van der Waals surface area (Å²) >= 11 is 0. The number of aromatic nitrogens is 2. The zero-order valence-electron chi connectivity index (χ0n) is 35.0. The van der Waals surface area contributed by atoms with Crippen LogP contribution in [-0.4, -0.2) is 124 Å². The van der Waals surface area contributed by atoms with E-state index in [-0.39, 0.29) is 31.3 Å². The van der Waals surface area contributed by atoms with Crippen LogP contribution in [0.15, 0.2) is 36.7 Å². The maximum Gasteiger partial charge on any atom is 0.509 e. The molecule has 0 bridgehead atoms. The lowest BCUT2D eigenvalue weighted by molar-refractivity contribution is -0.293. The number of likely N-dealkylation sites (N-methyl/N-ethyl adjacent to an activating group) is 1. The lowest BCUT2D eigenvalue weighted by Gasteiger charge is -2.46. The Hall–Kier alpha value is -4.51. The van der Waals surface area contributed by atoms with Crippen molar-refractivity contribution in [3.05, 3.63) is 42.2 Å². The number of nitrogens with one attached hydrogen (secondary N) is 1. The van der Waals surface area contributed by atoms with Gasteiger partial charge < -0.3 is 43.7 Å². The number of alkyl carbamates (subject to hydrolysis) is 1. The summed E-state index contributed by atoms with van der Waals surface area (Å²) in [5.41, 5.74) is -1.05. The van der Waals surface area contributed by atoms with Crippen LogP contribution < -0.4 is 5.32 Å². The van der Waals surface area contributed by atoms with Crippen molar-refractivity contribution in [3.8, 4) is 0 Å². The zero-order chi connectivity index (χ0) is 42.7. The average molecular weight is 811 g/mol. The minimum absolute atomic E-state index is 0.189. The predicted molar refractivity (Wildman–Crippen MR) is 210 cm³/mol. The van der Waals surface area contributed by atoms with E-state index < -0.39 is 95.6 Å². The zero-order valence-corrected chi connectivity index (χ0v) is 35.0. The first-order valence-electron chi connectivity index (χ1n) is 20.0. The van der Waals surface area contributed by atoms with E-state index >= 15 is 0 Å². The third kappa shape index (κ3) is 9.51. The summed E-state index contributed by atoms with van der Waals surface area (Å²) in [6, 6.07) is 4.19. The normalized spacial score (nSPS) is 36.5. The molecule has 0 aliphatic carbocycles. The van der Waals surface area contributed by atoms with Gasteiger partial charge in [0.15, 0.2) is 17.7 Å². The third-order valence-corrected chi connectivity index (χ3v) is 11.9. The molecule has 1 amide bonds. The van der Waals surface area contributed by atoms with Crippen LogP contribution in [0.5, 0.6) is 0 Å². The molecule has 0 unspecified atom stereocenters. The summed E-state index contributed by atoms with van der Waals surface area (Å²) in [5.74, 6) is -6.11. The highest BCUT2D eigenvalue weighted by Gasteiger charge is 2.57. The van der Waals surface area contributed by atoms with Crippen molar-refractivity contribution in [1.29, 1.82) is 0 Å². The molecule has 5 rings (SSSR count). The summed E-state index contributed by atoms with van der Waals surface area (Å²) < 4.78 is 36.0. The number of hydrogen-bond acceptors (Lipinski definition) is 15. The number of amides is 1. The van der Waals surface area contributed by atoms with Crippen molar-refractivity contribution in [1.82, 2.24) is 20.2 Å². The van der Waals surface area contributed by atoms with Gasteiger partial charge in [0.1, 0.15) is 42.2 Å². The number of Topliss-reactive ketones (excluding diaryl/α,β-unsaturated/α-hetero) is 2. The summed E-state index contributed by atoms with van der Waals surface area (Å²) in [4.78, 5) is 79.4. The van der Waals surface area contributed by atoms with Crippen LogP contribution in [0.1, 0.15) is 80.2 Å². The minimum atomic E-state index is -1.81. The van der Waals surface area contributed by atoms with Gasteiger partial charge in [0, 0.05) is 36.2 Å². The van der Waals surface area contributed by atoms with Crippen molar-refractivity contribution in [2.75, 3.05) is 20.7 Å². The van der Waals surface area contributed by atoms with Crippen LogP contribution in [0.25, 0.3) is 17.1 Å². The summed E-state index contributed by atoms with van der Waals surface area (Å²) in [5, 5.41) is 14.3. The van der Waals surface area contributed by atoms with E-state index in [4.69, 9.17) is 28.4 Å². The summed E-state index contributed by atoms with van der Waals surface area (Å²) in [6.45, 7) is 12.7. The van der Waals surface area contributed by atoms with E-state index in [1.165, 1.54) is 20.8 Å². The van der Waals surface area contributed by atoms with E-state index in [1.807, 2.05) is 44.1 Å². The standard InChI is InChI=1S/C42H58N4O12/c1-11-31-42(8)35(45-39(51)57-42)24(4)32(47)22(2)21-41(7,58-40(52)53-18-12-13-27-14-15-28-29(20-27)44-17-16-43-28)36(25(5)33(48)26(6)37(50)55-31)56-38-34(49)30(46(9)10)19-23(3)54-38/h12-17,20,22-26,30-31,34-36,38,49H,11,18-19,21H2,1-10H3,(H,45,51)/b13-12+/t22-,23-,24+,25+,26-,30+,31-,34-,35-,36-,38+,41-,42-/m1/s1. The molecule has 3 fully saturated rings. The van der Waals surface area contributed by atoms with Gasteiger partial charge in [-0.1, -0.05) is 39.8 Å². The Kier molecular flexibility index (Phi) is 14.0. The molecule has 0 saturated carbocycles. The SMILES string of the molecule is CC[C@H]1OC(=O)[C@H](C)C(=O)[C@H](C)[C@@H](O[C@@H]2O[C@H](C)C[C@H](N(C)C)[C@H]2O)[C@](C)(OC(=O)OC/C=C/c2ccc3nccnc3c2)C[C@@H](C)C(=O)[C@H](C)[C@H]2NC(=O)O[C@@]21C. The van der Waals surface area contributed by atoms with Crippen LogP contribution in [-0.2, 0) is 42.8 Å². The number of ketones is 2. The maximum atomic E-state index is 14.4. The number of cyclic esters (lactones) is 1. The van der Waals surface area contributed by atoms with Crippen molar-refractivity contribution in [2.24, 2.45) is 23.7 Å². The van der Waals surface area contributed by atoms with Gasteiger partial charge in [0.05, 0.1) is 23.2 Å². The molecule has 3 saturated heterocycles. The van der Waals surface area contributed by atoms with Crippen LogP contribution in [0, 0.1) is 23.7 Å². The van der Waals surface area contributed by atoms with E-state index in [0.29, 0.717) is 11.9 Å². The predicted octanol–water partition coefficient (Wildman–Crippen LogP) is 4.64. The van der Waals surface area contributed by atoms with Crippen LogP contribution in [0.3, 0.4) is 0 Å². The Bertz CT molecular complexity index is 1870. The molecule has 16 heteroatoms. The number of aliphatic hydroxyl groups excluding tert-OH is 1. The van der Waals surface area contributed by atoms with Gasteiger partial charge in [-0.2, -0.15) is 0 Å². The largest absolute Gasteiger partial charge is 0.509 e. The fourth-order valence-corrected chi connectivity index (χ4v) is 8.69. The highest BCUT2D eigenvalue weighted by atomic mass is 16.8. The van der Waals surface area contributed by atoms with Crippen molar-refractivity contribution >= 4 is 46.9 Å². The Morgan fingerprint density at radius 1 is 1.02 bits per heavy atom. The molecule has 2 aromatic rings. The molecule has 0 spiro atoms. The molecule has 318 valence electrons. The molecular weight excluding hydrogens is 752 g/mol. The molecule has 1 aromatic heterocycles. The number of carbonyl (C=O) groups is 5. The number of hydrogen-bond donors (Lipinski definition) is 2. The number of benzene rings is 1. The number of aliphatic hydroxyl groups is 1. The Balaban J connectivity index is 1.51. The van der Waals surface area contributed by atoms with Crippen LogP contribution in [0.2, 0.25) is 0 Å². The molecular formula is C42H58N4O12. The number of rotatable bonds is 8. The van der Waals surface area contributed by atoms with E-state index in [9.17, 15) is 29.1 Å². The lowest BCUT2D eigenvalue weighted by Crippen LogP contribution is -2.60. The molecule has 0 radical (unpaired) electrons. The summed E-state index contributed by atoms with van der Waals surface area (Å²) in [6.07, 6.45) is -0.0877. The molecule has 16 nitrogen and oxygen atoms in total. The molecule has 13 atom stereocenters. The molecule has 4 heterocycles. The smallest absolute Gasteiger partial charge is 0.458 e. The Morgan fingerprint density at radius 2 is 1.71 bits per heavy atom. The van der Waals surface area contributed by atoms with Gasteiger partial charge in [-0.25, -0.2) is 9.59 Å². The van der Waals surface area contributed by atoms with Crippen molar-refractivity contribution in [3.63, 3.8) is 0 Å². The monoisotopic (exact) mass is 810 g/mol. The van der Waals surface area contributed by atoms with Crippen molar-refractivity contribution in [2.45, 2.75) is 129 Å². The third-order valence-electron chi connectivity index (χ3n) is 11.9. The highest BCUT2D eigenvalue weighted by Crippen LogP contribution is 2.40. The molecule has 1 aromatic carbocycles. The number of esters is 1. The lowest BCUT2D eigenvalue weighted by atomic mass is 9.73. The first-order valence-corrected chi connectivity index (χ1v) is 20.0. The number of carbonyl (C=O) groups excluding carboxylic acids is 5. The van der Waals surface area contributed by atoms with Gasteiger partial charge in [-0.15, -0.1) is 0 Å². The highest BCUT2D eigenvalue weighted by molar-refractivity contribution is 6.00. The number of ether oxygens (including phenoxy) is 6. The summed E-state index contributed by atoms with van der Waals surface area (Å²) in [7, 11) is 3.63. The Morgan fingerprint density at radius 3 is 2.38 bits per heavy atom. The number of nitrogens with zero attached hydrogens (tertiary/aromatic N) is 3. The second-order valence-electron chi connectivity index (χ2n) is 16.5. The second-order valence-corrected chi connectivity index (χ2v) is 16.5. The fraction of sp³-hybridized carbons (Fsp3) is 0.643. The van der Waals surface area contributed by atoms with Crippen LogP contribution >= 0.6 is 0 Å². The van der Waals surface area contributed by atoms with E-state index in [0.717, 1.165) is 11.1 Å². The van der Waals surface area contributed by atoms with Gasteiger partial charge >= 0.3 is 18.2 Å². The van der Waals surface area contributed by atoms with Crippen molar-refractivity contribution < 1.29 is 57.5 Å². The number of fused-ring (bicyclic) bond motifs is 2. The molecule has 3 aliphatic heterocycles. The molecule has 58 heavy (non-hydrogen) atoms. The first kappa shape index (κ1) is 44.6. The average Bonchev–Trinajstić information content (AvgIpc) is 3.50. The van der Waals surface area contributed by atoms with Gasteiger partial charge in [-0.3, -0.25) is 24.4 Å². The van der Waals surface area contributed by atoms with Gasteiger partial charge in [0.25, 0.3) is 0 Å². The molecule has 3 aliphatic rings. The van der Waals surface area contributed by atoms with E-state index in [1.54, 1.807) is 52.2 Å². The topological polar surface area (TPSA) is 202 Å². The van der Waals surface area contributed by atoms with Gasteiger partial charge in [0.2, 0.25) is 0 Å². The van der Waals surface area contributed by atoms with Crippen LogP contribution in [0.4, 0.5) is 9.59 Å². The van der Waals surface area contributed by atoms with Gasteiger partial charge in [-0.05, 0) is 84.8 Å². The fourth-order valence-electron chi connectivity index (χ4n) is 8.69. The quantitative estimate of drug-likeness (QED) is 0.212. The molecule has 2 N–H and O–H groups in total. The first-order chi connectivity index (χ1) is 27.3. The minimum Gasteiger partial charge on any atom is -0.458 e. The van der Waals surface area contributed by atoms with E-state index in [2.05, 4.69) is 15.3 Å². The Labute approximate surface area is 339 Å².